The molecule has 1 fully saturated rings. The van der Waals surface area contributed by atoms with Crippen LogP contribution in [0, 0.1) is 6.92 Å². The van der Waals surface area contributed by atoms with Crippen molar-refractivity contribution in [1.82, 2.24) is 19.9 Å². The molecule has 1 aliphatic rings. The Hall–Kier alpha value is -2.25. The van der Waals surface area contributed by atoms with Crippen LogP contribution in [0.25, 0.3) is 0 Å². The van der Waals surface area contributed by atoms with E-state index in [-0.39, 0.29) is 11.8 Å². The molecule has 0 radical (unpaired) electrons. The van der Waals surface area contributed by atoms with E-state index in [1.54, 1.807) is 6.92 Å². The first-order valence-electron chi connectivity index (χ1n) is 8.22. The lowest BCUT2D eigenvalue weighted by Crippen LogP contribution is -2.50. The molecule has 2 aromatic rings. The molecule has 3 rings (SSSR count). The third-order valence-corrected chi connectivity index (χ3v) is 4.35. The van der Waals surface area contributed by atoms with Gasteiger partial charge in [-0.2, -0.15) is 4.98 Å². The second-order valence-electron chi connectivity index (χ2n) is 6.03. The Kier molecular flexibility index (Phi) is 5.22. The lowest BCUT2D eigenvalue weighted by molar-refractivity contribution is -0.134. The molecule has 0 bridgehead atoms. The number of benzene rings is 1. The Balaban J connectivity index is 1.56. The highest BCUT2D eigenvalue weighted by atomic mass is 16.5. The molecule has 1 aromatic carbocycles. The van der Waals surface area contributed by atoms with Crippen molar-refractivity contribution in [2.45, 2.75) is 19.4 Å². The summed E-state index contributed by atoms with van der Waals surface area (Å²) in [6.45, 7) is 5.74. The number of carbonyl (C=O) groups excluding carboxylic acids is 1. The molecule has 1 amide bonds. The van der Waals surface area contributed by atoms with Gasteiger partial charge in [-0.05, 0) is 5.56 Å². The highest BCUT2D eigenvalue weighted by molar-refractivity contribution is 5.84. The third-order valence-electron chi connectivity index (χ3n) is 4.35. The quantitative estimate of drug-likeness (QED) is 0.871. The number of hydrogen-bond donors (Lipinski definition) is 1. The van der Waals surface area contributed by atoms with Crippen LogP contribution in [-0.2, 0) is 11.3 Å². The van der Waals surface area contributed by atoms with E-state index < -0.39 is 0 Å². The first-order chi connectivity index (χ1) is 11.7. The van der Waals surface area contributed by atoms with Crippen molar-refractivity contribution in [1.29, 1.82) is 0 Å². The molecular weight excluding hydrogens is 306 g/mol. The Morgan fingerprint density at radius 3 is 2.54 bits per heavy atom. The number of amides is 1. The summed E-state index contributed by atoms with van der Waals surface area (Å²) in [5.74, 6) is 1.11. The van der Waals surface area contributed by atoms with Gasteiger partial charge in [0.25, 0.3) is 0 Å². The first-order valence-corrected chi connectivity index (χ1v) is 8.22. The standard InChI is InChI=1S/C17H23N5O2/c1-13-19-16(20-24-13)12-21-7-9-22(10-8-21)17(23)15(11-18)14-5-3-2-4-6-14/h2-6,15H,7-12,18H2,1H3. The topological polar surface area (TPSA) is 88.5 Å². The maximum absolute atomic E-state index is 12.8. The molecule has 1 aliphatic heterocycles. The maximum Gasteiger partial charge on any atom is 0.231 e. The largest absolute Gasteiger partial charge is 0.340 e. The van der Waals surface area contributed by atoms with Crippen LogP contribution in [0.1, 0.15) is 23.2 Å². The number of carbonyl (C=O) groups is 1. The smallest absolute Gasteiger partial charge is 0.231 e. The van der Waals surface area contributed by atoms with Crippen LogP contribution < -0.4 is 5.73 Å². The van der Waals surface area contributed by atoms with Crippen LogP contribution in [0.15, 0.2) is 34.9 Å². The predicted molar refractivity (Wildman–Crippen MR) is 89.1 cm³/mol. The Morgan fingerprint density at radius 1 is 1.25 bits per heavy atom. The van der Waals surface area contributed by atoms with Crippen LogP contribution in [0.4, 0.5) is 0 Å². The molecule has 0 saturated carbocycles. The van der Waals surface area contributed by atoms with Crippen molar-refractivity contribution in [2.24, 2.45) is 5.73 Å². The third kappa shape index (κ3) is 3.80. The summed E-state index contributed by atoms with van der Waals surface area (Å²) in [6.07, 6.45) is 0. The molecule has 1 atom stereocenters. The zero-order valence-electron chi connectivity index (χ0n) is 13.9. The first kappa shape index (κ1) is 16.6. The van der Waals surface area contributed by atoms with E-state index in [4.69, 9.17) is 10.3 Å². The average molecular weight is 329 g/mol. The van der Waals surface area contributed by atoms with Crippen LogP contribution in [0.3, 0.4) is 0 Å². The fraction of sp³-hybridized carbons (Fsp3) is 0.471. The van der Waals surface area contributed by atoms with Crippen molar-refractivity contribution < 1.29 is 9.32 Å². The van der Waals surface area contributed by atoms with Crippen molar-refractivity contribution in [3.8, 4) is 0 Å². The van der Waals surface area contributed by atoms with Gasteiger partial charge in [0.1, 0.15) is 0 Å². The summed E-state index contributed by atoms with van der Waals surface area (Å²) in [6, 6.07) is 9.75. The molecule has 1 saturated heterocycles. The van der Waals surface area contributed by atoms with Gasteiger partial charge in [-0.1, -0.05) is 35.5 Å². The summed E-state index contributed by atoms with van der Waals surface area (Å²) in [7, 11) is 0. The molecule has 128 valence electrons. The highest BCUT2D eigenvalue weighted by Crippen LogP contribution is 2.18. The summed E-state index contributed by atoms with van der Waals surface area (Å²) < 4.78 is 4.99. The number of nitrogens with zero attached hydrogens (tertiary/aromatic N) is 4. The zero-order chi connectivity index (χ0) is 16.9. The van der Waals surface area contributed by atoms with Gasteiger partial charge in [-0.15, -0.1) is 0 Å². The lowest BCUT2D eigenvalue weighted by atomic mass is 9.97. The molecule has 24 heavy (non-hydrogen) atoms. The SMILES string of the molecule is Cc1nc(CN2CCN(C(=O)C(CN)c3ccccc3)CC2)no1. The molecule has 7 nitrogen and oxygen atoms in total. The summed E-state index contributed by atoms with van der Waals surface area (Å²) in [5.41, 5.74) is 6.84. The van der Waals surface area contributed by atoms with E-state index in [1.807, 2.05) is 35.2 Å². The van der Waals surface area contributed by atoms with Gasteiger partial charge < -0.3 is 15.2 Å². The fourth-order valence-corrected chi connectivity index (χ4v) is 3.02. The predicted octanol–water partition coefficient (Wildman–Crippen LogP) is 0.765. The van der Waals surface area contributed by atoms with Gasteiger partial charge in [-0.25, -0.2) is 0 Å². The number of rotatable bonds is 5. The van der Waals surface area contributed by atoms with Gasteiger partial charge in [0.05, 0.1) is 12.5 Å². The molecule has 2 heterocycles. The van der Waals surface area contributed by atoms with Gasteiger partial charge >= 0.3 is 0 Å². The summed E-state index contributed by atoms with van der Waals surface area (Å²) in [5, 5.41) is 3.92. The molecule has 1 unspecified atom stereocenters. The summed E-state index contributed by atoms with van der Waals surface area (Å²) in [4.78, 5) is 21.1. The van der Waals surface area contributed by atoms with E-state index in [2.05, 4.69) is 15.0 Å². The Bertz CT molecular complexity index is 665. The van der Waals surface area contributed by atoms with Crippen LogP contribution in [0.5, 0.6) is 0 Å². The molecule has 0 aliphatic carbocycles. The van der Waals surface area contributed by atoms with E-state index in [1.165, 1.54) is 0 Å². The van der Waals surface area contributed by atoms with E-state index >= 15 is 0 Å². The maximum atomic E-state index is 12.8. The van der Waals surface area contributed by atoms with E-state index in [9.17, 15) is 4.79 Å². The van der Waals surface area contributed by atoms with Crippen molar-refractivity contribution in [2.75, 3.05) is 32.7 Å². The summed E-state index contributed by atoms with van der Waals surface area (Å²) >= 11 is 0. The molecule has 1 aromatic heterocycles. The molecule has 7 heteroatoms. The van der Waals surface area contributed by atoms with Crippen LogP contribution in [-0.4, -0.2) is 58.6 Å². The van der Waals surface area contributed by atoms with Crippen molar-refractivity contribution >= 4 is 5.91 Å². The minimum atomic E-state index is -0.266. The number of nitrogens with two attached hydrogens (primary N) is 1. The Labute approximate surface area is 141 Å². The number of hydrogen-bond acceptors (Lipinski definition) is 6. The second-order valence-corrected chi connectivity index (χ2v) is 6.03. The van der Waals surface area contributed by atoms with Gasteiger partial charge in [0.15, 0.2) is 5.82 Å². The number of aryl methyl sites for hydroxylation is 1. The lowest BCUT2D eigenvalue weighted by Gasteiger charge is -2.35. The van der Waals surface area contributed by atoms with Gasteiger partial charge in [-0.3, -0.25) is 9.69 Å². The molecular formula is C17H23N5O2. The normalized spacial score (nSPS) is 17.0. The van der Waals surface area contributed by atoms with E-state index in [0.29, 0.717) is 37.9 Å². The minimum Gasteiger partial charge on any atom is -0.340 e. The van der Waals surface area contributed by atoms with Crippen LogP contribution in [0.2, 0.25) is 0 Å². The van der Waals surface area contributed by atoms with Crippen LogP contribution >= 0.6 is 0 Å². The molecule has 0 spiro atoms. The van der Waals surface area contributed by atoms with Gasteiger partial charge in [0, 0.05) is 39.6 Å². The van der Waals surface area contributed by atoms with E-state index in [0.717, 1.165) is 18.7 Å². The monoisotopic (exact) mass is 329 g/mol. The highest BCUT2D eigenvalue weighted by Gasteiger charge is 2.28. The van der Waals surface area contributed by atoms with Crippen molar-refractivity contribution in [3.05, 3.63) is 47.6 Å². The Morgan fingerprint density at radius 2 is 1.96 bits per heavy atom. The fourth-order valence-electron chi connectivity index (χ4n) is 3.02. The number of aromatic nitrogens is 2. The molecule has 2 N–H and O–H groups in total. The second kappa shape index (κ2) is 7.55. The van der Waals surface area contributed by atoms with Crippen molar-refractivity contribution in [3.63, 3.8) is 0 Å². The van der Waals surface area contributed by atoms with Gasteiger partial charge in [0.2, 0.25) is 11.8 Å². The minimum absolute atomic E-state index is 0.110. The average Bonchev–Trinajstić information content (AvgIpc) is 3.02. The zero-order valence-corrected chi connectivity index (χ0v) is 13.9. The number of piperazine rings is 1.